The van der Waals surface area contributed by atoms with Crippen LogP contribution in [-0.2, 0) is 20.0 Å². The van der Waals surface area contributed by atoms with Crippen molar-refractivity contribution in [2.24, 2.45) is 0 Å². The molecule has 0 atom stereocenters. The lowest BCUT2D eigenvalue weighted by atomic mass is 10.3. The molecular weight excluding hydrogens is 280 g/mol. The van der Waals surface area contributed by atoms with Crippen LogP contribution in [0.5, 0.6) is 5.75 Å². The summed E-state index contributed by atoms with van der Waals surface area (Å²) >= 11 is 0. The summed E-state index contributed by atoms with van der Waals surface area (Å²) in [5.74, 6) is -0.0345. The zero-order valence-electron chi connectivity index (χ0n) is 9.62. The number of rotatable bonds is 6. The van der Waals surface area contributed by atoms with Crippen molar-refractivity contribution in [3.05, 3.63) is 24.3 Å². The van der Waals surface area contributed by atoms with E-state index >= 15 is 0 Å². The first-order valence-corrected chi connectivity index (χ1v) is 8.31. The highest BCUT2D eigenvalue weighted by molar-refractivity contribution is 7.89. The summed E-state index contributed by atoms with van der Waals surface area (Å²) in [5.41, 5.74) is 0. The Morgan fingerprint density at radius 1 is 1.00 bits per heavy atom. The third-order valence-electron chi connectivity index (χ3n) is 1.93. The number of hydrogen-bond acceptors (Lipinski definition) is 5. The summed E-state index contributed by atoms with van der Waals surface area (Å²) in [5, 5.41) is 9.03. The lowest BCUT2D eigenvalue weighted by Crippen LogP contribution is -2.34. The van der Waals surface area contributed by atoms with Crippen LogP contribution >= 0.6 is 0 Å². The first-order chi connectivity index (χ1) is 8.21. The highest BCUT2D eigenvalue weighted by Gasteiger charge is 2.13. The number of hydrogen-bond donors (Lipinski definition) is 3. The molecule has 0 bridgehead atoms. The number of nitrogens with one attached hydrogen (secondary N) is 2. The Balaban J connectivity index is 2.58. The Morgan fingerprint density at radius 3 is 2.00 bits per heavy atom. The molecule has 102 valence electrons. The lowest BCUT2D eigenvalue weighted by molar-refractivity contribution is 0.474. The van der Waals surface area contributed by atoms with Crippen molar-refractivity contribution in [3.63, 3.8) is 0 Å². The van der Waals surface area contributed by atoms with E-state index in [1.54, 1.807) is 0 Å². The fraction of sp³-hybridized carbons (Fsp3) is 0.333. The zero-order chi connectivity index (χ0) is 13.8. The predicted molar refractivity (Wildman–Crippen MR) is 66.1 cm³/mol. The number of phenols is 1. The van der Waals surface area contributed by atoms with Crippen LogP contribution in [0.15, 0.2) is 29.2 Å². The minimum atomic E-state index is -3.69. The zero-order valence-corrected chi connectivity index (χ0v) is 11.3. The summed E-state index contributed by atoms with van der Waals surface area (Å²) in [4.78, 5) is -0.000319. The van der Waals surface area contributed by atoms with Crippen molar-refractivity contribution >= 4 is 20.0 Å². The van der Waals surface area contributed by atoms with Gasteiger partial charge in [-0.2, -0.15) is 0 Å². The molecule has 1 rings (SSSR count). The molecule has 0 aliphatic rings. The Morgan fingerprint density at radius 2 is 1.50 bits per heavy atom. The van der Waals surface area contributed by atoms with Gasteiger partial charge in [-0.25, -0.2) is 26.3 Å². The number of benzene rings is 1. The van der Waals surface area contributed by atoms with E-state index in [1.165, 1.54) is 24.3 Å². The van der Waals surface area contributed by atoms with Gasteiger partial charge < -0.3 is 5.11 Å². The summed E-state index contributed by atoms with van der Waals surface area (Å²) in [6.45, 7) is -0.0908. The van der Waals surface area contributed by atoms with Crippen LogP contribution in [-0.4, -0.2) is 41.3 Å². The molecule has 0 saturated carbocycles. The topological polar surface area (TPSA) is 113 Å². The summed E-state index contributed by atoms with van der Waals surface area (Å²) in [6, 6.07) is 5.01. The lowest BCUT2D eigenvalue weighted by Gasteiger charge is -2.07. The molecule has 0 aliphatic carbocycles. The Bertz CT molecular complexity index is 592. The maximum absolute atomic E-state index is 11.7. The molecular formula is C9H14N2O5S2. The minimum absolute atomic E-state index is 0.000319. The van der Waals surface area contributed by atoms with Gasteiger partial charge in [0.1, 0.15) is 5.75 Å². The van der Waals surface area contributed by atoms with Crippen molar-refractivity contribution < 1.29 is 21.9 Å². The molecule has 3 N–H and O–H groups in total. The van der Waals surface area contributed by atoms with E-state index in [9.17, 15) is 16.8 Å². The molecule has 0 aliphatic heterocycles. The maximum Gasteiger partial charge on any atom is 0.240 e. The third kappa shape index (κ3) is 5.00. The van der Waals surface area contributed by atoms with Gasteiger partial charge in [-0.05, 0) is 24.3 Å². The number of aromatic hydroxyl groups is 1. The van der Waals surface area contributed by atoms with Crippen LogP contribution in [0.3, 0.4) is 0 Å². The van der Waals surface area contributed by atoms with E-state index in [0.29, 0.717) is 0 Å². The van der Waals surface area contributed by atoms with Gasteiger partial charge in [-0.1, -0.05) is 0 Å². The normalized spacial score (nSPS) is 12.5. The van der Waals surface area contributed by atoms with Crippen LogP contribution in [0.4, 0.5) is 0 Å². The minimum Gasteiger partial charge on any atom is -0.508 e. The van der Waals surface area contributed by atoms with Crippen LogP contribution in [0.25, 0.3) is 0 Å². The molecule has 9 heteroatoms. The second-order valence-corrected chi connectivity index (χ2v) is 7.16. The highest BCUT2D eigenvalue weighted by Crippen LogP contribution is 2.13. The van der Waals surface area contributed by atoms with Gasteiger partial charge in [0.2, 0.25) is 20.0 Å². The summed E-state index contributed by atoms with van der Waals surface area (Å²) in [6.07, 6.45) is 0.988. The molecule has 0 heterocycles. The standard InChI is InChI=1S/C9H14N2O5S2/c1-17(13,14)10-6-7-11-18(15,16)9-4-2-8(12)3-5-9/h2-5,10-12H,6-7H2,1H3. The Kier molecular flexibility index (Phi) is 4.68. The molecule has 0 amide bonds. The molecule has 0 spiro atoms. The molecule has 7 nitrogen and oxygen atoms in total. The van der Waals surface area contributed by atoms with E-state index in [-0.39, 0.29) is 23.7 Å². The average molecular weight is 294 g/mol. The van der Waals surface area contributed by atoms with Gasteiger partial charge in [-0.15, -0.1) is 0 Å². The van der Waals surface area contributed by atoms with Gasteiger partial charge in [0.15, 0.2) is 0 Å². The fourth-order valence-electron chi connectivity index (χ4n) is 1.13. The highest BCUT2D eigenvalue weighted by atomic mass is 32.2. The van der Waals surface area contributed by atoms with Crippen LogP contribution < -0.4 is 9.44 Å². The van der Waals surface area contributed by atoms with E-state index in [0.717, 1.165) is 6.26 Å². The van der Waals surface area contributed by atoms with Gasteiger partial charge >= 0.3 is 0 Å². The molecule has 18 heavy (non-hydrogen) atoms. The molecule has 0 saturated heterocycles. The van der Waals surface area contributed by atoms with E-state index in [2.05, 4.69) is 9.44 Å². The molecule has 1 aromatic carbocycles. The van der Waals surface area contributed by atoms with Crippen molar-refractivity contribution in [1.82, 2.24) is 9.44 Å². The van der Waals surface area contributed by atoms with Gasteiger partial charge in [0.05, 0.1) is 11.2 Å². The Labute approximate surface area is 106 Å². The fourth-order valence-corrected chi connectivity index (χ4v) is 2.64. The SMILES string of the molecule is CS(=O)(=O)NCCNS(=O)(=O)c1ccc(O)cc1. The van der Waals surface area contributed by atoms with Crippen LogP contribution in [0, 0.1) is 0 Å². The third-order valence-corrected chi connectivity index (χ3v) is 4.13. The molecule has 0 aromatic heterocycles. The first-order valence-electron chi connectivity index (χ1n) is 4.94. The first kappa shape index (κ1) is 14.9. The van der Waals surface area contributed by atoms with Crippen molar-refractivity contribution in [2.75, 3.05) is 19.3 Å². The van der Waals surface area contributed by atoms with Crippen LogP contribution in [0.2, 0.25) is 0 Å². The Hall–Kier alpha value is -1.16. The maximum atomic E-state index is 11.7. The number of phenolic OH excluding ortho intramolecular Hbond substituents is 1. The van der Waals surface area contributed by atoms with Crippen LogP contribution in [0.1, 0.15) is 0 Å². The van der Waals surface area contributed by atoms with E-state index < -0.39 is 20.0 Å². The molecule has 0 unspecified atom stereocenters. The van der Waals surface area contributed by atoms with Crippen molar-refractivity contribution in [1.29, 1.82) is 0 Å². The second kappa shape index (κ2) is 5.65. The predicted octanol–water partition coefficient (Wildman–Crippen LogP) is -0.780. The number of sulfonamides is 2. The molecule has 0 fully saturated rings. The van der Waals surface area contributed by atoms with Gasteiger partial charge in [0.25, 0.3) is 0 Å². The van der Waals surface area contributed by atoms with Gasteiger partial charge in [0, 0.05) is 13.1 Å². The van der Waals surface area contributed by atoms with Gasteiger partial charge in [-0.3, -0.25) is 0 Å². The second-order valence-electron chi connectivity index (χ2n) is 3.56. The smallest absolute Gasteiger partial charge is 0.240 e. The summed E-state index contributed by atoms with van der Waals surface area (Å²) < 4.78 is 49.3. The van der Waals surface area contributed by atoms with Crippen molar-refractivity contribution in [3.8, 4) is 5.75 Å². The van der Waals surface area contributed by atoms with E-state index in [1.807, 2.05) is 0 Å². The van der Waals surface area contributed by atoms with E-state index in [4.69, 9.17) is 5.11 Å². The molecule has 1 aromatic rings. The summed E-state index contributed by atoms with van der Waals surface area (Å²) in [7, 11) is -7.02. The quantitative estimate of drug-likeness (QED) is 0.596. The van der Waals surface area contributed by atoms with Crippen molar-refractivity contribution in [2.45, 2.75) is 4.90 Å². The average Bonchev–Trinajstić information content (AvgIpc) is 2.24. The molecule has 0 radical (unpaired) electrons. The monoisotopic (exact) mass is 294 g/mol. The largest absolute Gasteiger partial charge is 0.508 e.